The maximum absolute atomic E-state index is 2.52. The smallest absolute Gasteiger partial charge is 0.0149 e. The minimum atomic E-state index is 0. The van der Waals surface area contributed by atoms with Gasteiger partial charge in [0.25, 0.3) is 0 Å². The van der Waals surface area contributed by atoms with Crippen LogP contribution in [0.1, 0.15) is 128 Å². The van der Waals surface area contributed by atoms with Crippen LogP contribution in [0.25, 0.3) is 0 Å². The quantitative estimate of drug-likeness (QED) is 0.402. The van der Waals surface area contributed by atoms with E-state index in [1.165, 1.54) is 128 Å². The first kappa shape index (κ1) is 24.4. The van der Waals surface area contributed by atoms with Gasteiger partial charge in [-0.05, 0) is 136 Å². The van der Waals surface area contributed by atoms with Crippen LogP contribution >= 0.6 is 0 Å². The molecule has 4 aliphatic carbocycles. The Morgan fingerprint density at radius 2 is 0.552 bits per heavy atom. The van der Waals surface area contributed by atoms with Crippen molar-refractivity contribution in [2.24, 2.45) is 0 Å². The van der Waals surface area contributed by atoms with Crippen LogP contribution in [0.5, 0.6) is 0 Å². The van der Waals surface area contributed by atoms with E-state index in [0.717, 1.165) is 0 Å². The summed E-state index contributed by atoms with van der Waals surface area (Å²) in [5.74, 6) is 0. The lowest BCUT2D eigenvalue weighted by Crippen LogP contribution is -1.89. The van der Waals surface area contributed by atoms with E-state index < -0.39 is 0 Å². The summed E-state index contributed by atoms with van der Waals surface area (Å²) in [6, 6.07) is 0. The third kappa shape index (κ3) is 9.24. The molecule has 0 bridgehead atoms. The lowest BCUT2D eigenvalue weighted by Gasteiger charge is -2.09. The fourth-order valence-corrected chi connectivity index (χ4v) is 5.23. The van der Waals surface area contributed by atoms with Gasteiger partial charge in [-0.15, -0.1) is 0 Å². The van der Waals surface area contributed by atoms with Crippen molar-refractivity contribution in [2.45, 2.75) is 128 Å². The highest BCUT2D eigenvalue weighted by atomic mass is 28.1. The zero-order valence-electron chi connectivity index (χ0n) is 18.5. The molecule has 0 nitrogen and oxygen atoms in total. The van der Waals surface area contributed by atoms with Crippen molar-refractivity contribution in [1.82, 2.24) is 0 Å². The Balaban J connectivity index is 0.000000200. The minimum absolute atomic E-state index is 0. The molecule has 0 aromatic heterocycles. The lowest BCUT2D eigenvalue weighted by molar-refractivity contribution is 0.699. The fraction of sp³-hybridized carbons (Fsp3) is 0.714. The molecule has 0 aliphatic heterocycles. The van der Waals surface area contributed by atoms with E-state index in [2.05, 4.69) is 24.3 Å². The van der Waals surface area contributed by atoms with E-state index in [1.54, 1.807) is 22.3 Å². The monoisotopic (exact) mass is 412 g/mol. The Labute approximate surface area is 186 Å². The van der Waals surface area contributed by atoms with Gasteiger partial charge in [-0.2, -0.15) is 0 Å². The third-order valence-corrected chi connectivity index (χ3v) is 6.99. The van der Waals surface area contributed by atoms with E-state index in [4.69, 9.17) is 0 Å². The molecule has 0 aromatic carbocycles. The van der Waals surface area contributed by atoms with Gasteiger partial charge < -0.3 is 0 Å². The molecule has 0 saturated heterocycles. The molecule has 0 heterocycles. The molecule has 0 aromatic rings. The van der Waals surface area contributed by atoms with Crippen molar-refractivity contribution in [3.63, 3.8) is 0 Å². The molecule has 0 amide bonds. The Bertz CT molecular complexity index is 471. The molecule has 0 radical (unpaired) electrons. The van der Waals surface area contributed by atoms with Crippen molar-refractivity contribution >= 4 is 11.0 Å². The van der Waals surface area contributed by atoms with E-state index in [-0.39, 0.29) is 11.0 Å². The summed E-state index contributed by atoms with van der Waals surface area (Å²) in [5, 5.41) is 0. The molecule has 4 aliphatic rings. The van der Waals surface area contributed by atoms with Crippen molar-refractivity contribution < 1.29 is 0 Å². The molecular formula is C28H48Si. The molecule has 29 heavy (non-hydrogen) atoms. The third-order valence-electron chi connectivity index (χ3n) is 6.99. The first-order valence-electron chi connectivity index (χ1n) is 12.7. The zero-order chi connectivity index (χ0) is 19.3. The molecule has 0 fully saturated rings. The first-order valence-corrected chi connectivity index (χ1v) is 12.7. The number of allylic oxidation sites excluding steroid dienone is 8. The molecule has 0 saturated carbocycles. The Kier molecular flexibility index (Phi) is 12.7. The Morgan fingerprint density at radius 1 is 0.310 bits per heavy atom. The SMILES string of the molecule is C1=C(C2=CCCCCC2)CCCCC1.C1=C(C2=CCCCCC2)CCCCC1.[SiH4]. The average molecular weight is 413 g/mol. The number of hydrogen-bond acceptors (Lipinski definition) is 0. The summed E-state index contributed by atoms with van der Waals surface area (Å²) in [5.41, 5.74) is 6.79. The van der Waals surface area contributed by atoms with Gasteiger partial charge in [0.1, 0.15) is 0 Å². The van der Waals surface area contributed by atoms with Gasteiger partial charge in [0.05, 0.1) is 0 Å². The van der Waals surface area contributed by atoms with Crippen LogP contribution in [-0.2, 0) is 0 Å². The average Bonchev–Trinajstić information content (AvgIpc) is 3.32. The predicted octanol–water partition coefficient (Wildman–Crippen LogP) is 8.08. The lowest BCUT2D eigenvalue weighted by atomic mass is 9.97. The molecule has 0 atom stereocenters. The molecule has 1 heteroatoms. The van der Waals surface area contributed by atoms with Gasteiger partial charge in [0, 0.05) is 0 Å². The minimum Gasteiger partial charge on any atom is -0.0811 e. The van der Waals surface area contributed by atoms with Gasteiger partial charge in [0.15, 0.2) is 0 Å². The van der Waals surface area contributed by atoms with E-state index in [0.29, 0.717) is 0 Å². The van der Waals surface area contributed by atoms with Crippen LogP contribution in [-0.4, -0.2) is 11.0 Å². The predicted molar refractivity (Wildman–Crippen MR) is 136 cm³/mol. The van der Waals surface area contributed by atoms with Crippen LogP contribution in [0.4, 0.5) is 0 Å². The normalized spacial score (nSPS) is 23.7. The van der Waals surface area contributed by atoms with Gasteiger partial charge in [0.2, 0.25) is 0 Å². The van der Waals surface area contributed by atoms with Crippen molar-refractivity contribution in [1.29, 1.82) is 0 Å². The van der Waals surface area contributed by atoms with E-state index in [9.17, 15) is 0 Å². The molecule has 164 valence electrons. The second kappa shape index (κ2) is 15.0. The van der Waals surface area contributed by atoms with Gasteiger partial charge in [-0.1, -0.05) is 50.0 Å². The highest BCUT2D eigenvalue weighted by molar-refractivity contribution is 5.75. The van der Waals surface area contributed by atoms with E-state index in [1.807, 2.05) is 0 Å². The fourth-order valence-electron chi connectivity index (χ4n) is 5.23. The molecular weight excluding hydrogens is 364 g/mol. The van der Waals surface area contributed by atoms with Crippen LogP contribution in [0.15, 0.2) is 46.6 Å². The summed E-state index contributed by atoms with van der Waals surface area (Å²) in [6.07, 6.45) is 37.9. The molecule has 0 spiro atoms. The second-order valence-corrected chi connectivity index (χ2v) is 9.31. The summed E-state index contributed by atoms with van der Waals surface area (Å²) >= 11 is 0. The Morgan fingerprint density at radius 3 is 0.793 bits per heavy atom. The highest BCUT2D eigenvalue weighted by Gasteiger charge is 2.10. The second-order valence-electron chi connectivity index (χ2n) is 9.31. The molecule has 0 unspecified atom stereocenters. The van der Waals surface area contributed by atoms with E-state index >= 15 is 0 Å². The zero-order valence-corrected chi connectivity index (χ0v) is 18.5. The topological polar surface area (TPSA) is 0 Å². The van der Waals surface area contributed by atoms with Crippen molar-refractivity contribution in [2.75, 3.05) is 0 Å². The standard InChI is InChI=1S/2C14H22.H4Si/c2*1-2-6-10-13(9-5-1)14-11-7-3-4-8-12-14;/h2*9,11H,1-8,10,12H2;1H4. The first-order chi connectivity index (χ1) is 13.9. The number of hydrogen-bond donors (Lipinski definition) is 0. The van der Waals surface area contributed by atoms with Crippen molar-refractivity contribution in [3.05, 3.63) is 46.6 Å². The van der Waals surface area contributed by atoms with Crippen LogP contribution in [0.3, 0.4) is 0 Å². The summed E-state index contributed by atoms with van der Waals surface area (Å²) in [4.78, 5) is 0. The van der Waals surface area contributed by atoms with Gasteiger partial charge in [-0.3, -0.25) is 0 Å². The number of rotatable bonds is 2. The summed E-state index contributed by atoms with van der Waals surface area (Å²) in [6.45, 7) is 0. The largest absolute Gasteiger partial charge is 0.0811 e. The van der Waals surface area contributed by atoms with Crippen molar-refractivity contribution in [3.8, 4) is 0 Å². The Hall–Kier alpha value is -0.823. The van der Waals surface area contributed by atoms with Crippen LogP contribution in [0, 0.1) is 0 Å². The maximum atomic E-state index is 2.52. The van der Waals surface area contributed by atoms with Crippen LogP contribution in [0.2, 0.25) is 0 Å². The van der Waals surface area contributed by atoms with Gasteiger partial charge >= 0.3 is 0 Å². The van der Waals surface area contributed by atoms with Gasteiger partial charge in [-0.25, -0.2) is 0 Å². The molecule has 0 N–H and O–H groups in total. The summed E-state index contributed by atoms with van der Waals surface area (Å²) < 4.78 is 0. The maximum Gasteiger partial charge on any atom is -0.0149 e. The molecule has 4 rings (SSSR count). The van der Waals surface area contributed by atoms with Crippen LogP contribution < -0.4 is 0 Å². The summed E-state index contributed by atoms with van der Waals surface area (Å²) in [7, 11) is 0. The highest BCUT2D eigenvalue weighted by Crippen LogP contribution is 2.30.